The van der Waals surface area contributed by atoms with Gasteiger partial charge in [0, 0.05) is 91.4 Å². The lowest BCUT2D eigenvalue weighted by atomic mass is 10.0. The number of H-pyrrole nitrogens is 1. The average Bonchev–Trinajstić information content (AvgIpc) is 1.69. The molecule has 12 N–H and O–H groups in total. The zero-order chi connectivity index (χ0) is 81.9. The molecular formula is C73H103N19O16S4. The second kappa shape index (κ2) is 46.4. The third-order valence-electron chi connectivity index (χ3n) is 17.5. The first-order valence-electron chi connectivity index (χ1n) is 36.7. The van der Waals surface area contributed by atoms with Crippen molar-refractivity contribution in [3.63, 3.8) is 0 Å². The predicted octanol–water partition coefficient (Wildman–Crippen LogP) is 7.58. The fraction of sp³-hybridized carbons (Fsp3) is 0.562. The van der Waals surface area contributed by atoms with E-state index in [4.69, 9.17) is 31.0 Å². The van der Waals surface area contributed by atoms with Crippen molar-refractivity contribution in [2.45, 2.75) is 190 Å². The number of hydrogen-bond donors (Lipinski definition) is 11. The smallest absolute Gasteiger partial charge is 0.408 e. The van der Waals surface area contributed by atoms with Gasteiger partial charge in [-0.3, -0.25) is 52.8 Å². The number of azide groups is 2. The highest BCUT2D eigenvalue weighted by molar-refractivity contribution is 8.77. The summed E-state index contributed by atoms with van der Waals surface area (Å²) in [5.41, 5.74) is 26.6. The molecule has 2 aliphatic heterocycles. The Labute approximate surface area is 665 Å². The molecule has 610 valence electrons. The van der Waals surface area contributed by atoms with E-state index in [-0.39, 0.29) is 87.9 Å². The van der Waals surface area contributed by atoms with Crippen molar-refractivity contribution < 1.29 is 76.9 Å². The lowest BCUT2D eigenvalue weighted by molar-refractivity contribution is -0.153. The van der Waals surface area contributed by atoms with Gasteiger partial charge in [-0.1, -0.05) is 141 Å². The van der Waals surface area contributed by atoms with Gasteiger partial charge in [0.1, 0.15) is 55.5 Å². The third kappa shape index (κ3) is 32.6. The molecule has 2 fully saturated rings. The SMILES string of the molecule is C[C@H](CSSC(C)(C)C)NC(=O)[C@H](Cc1c[nH]c2ccccc12)NC(=O)[C@H](CCCCN(C)C)NC(=O)CNC(=O)[C@H](CSSC(C)(C)CN1CCC[C@H]1C(=O)OCC(=O)N[C@@H](CCCCNC(=O)OCc1ccc(N=[N+]=[N-])cc1)C(=O)N[C@@H](CC(=O)O)C(=O)N1CCC[C@H]1C(N)=O)NC(=O)OCc1ccc(N=[N+]=[N-])cc1. The molecule has 39 heteroatoms. The standard InChI is InChI=1S/C73H103N19O16S4/c1-45(42-109-111-72(2,3)4)80-67(101)55(35-48-37-78-52-18-10-9-17-51(48)52)83-65(99)53(20-12-14-32-90(7)8)81-60(93)38-79-64(98)57(85-71(105)108-40-47-25-29-50(30-26-47)87-89-76)43-110-112-73(5,6)44-91-33-15-22-59(91)69(103)106-41-61(94)82-54(19-11-13-31-77-70(104)107-39-46-23-27-49(28-24-46)86-88-75)66(100)84-56(36-62(95)96)68(102)92-34-16-21-58(92)63(74)97/h9-10,17-18,23-30,37,45,53-59,78H,11-16,19-22,31-36,38-44H2,1-8H3,(H2,74,97)(H,77,104)(H,79,98)(H,80,101)(H,81,93)(H,82,94)(H,83,99)(H,84,100)(H,85,105)(H,95,96)/t45-,53+,54+,55+,56+,57+,58+,59+/m1/s1. The van der Waals surface area contributed by atoms with Gasteiger partial charge < -0.3 is 82.4 Å². The number of aromatic nitrogens is 1. The molecule has 10 amide bonds. The number of carboxylic acids is 1. The molecule has 0 bridgehead atoms. The molecule has 3 aromatic carbocycles. The lowest BCUT2D eigenvalue weighted by Crippen LogP contribution is -2.57. The van der Waals surface area contributed by atoms with Crippen LogP contribution in [0, 0.1) is 0 Å². The van der Waals surface area contributed by atoms with Crippen molar-refractivity contribution in [2.75, 3.05) is 71.5 Å². The number of likely N-dealkylation sites (tertiary alicyclic amines) is 2. The number of aromatic amines is 1. The van der Waals surface area contributed by atoms with Gasteiger partial charge in [-0.15, -0.1) is 0 Å². The highest BCUT2D eigenvalue weighted by Crippen LogP contribution is 2.39. The van der Waals surface area contributed by atoms with Gasteiger partial charge in [-0.05, 0) is 146 Å². The number of nitrogens with two attached hydrogens (primary N) is 1. The number of aliphatic carboxylic acids is 1. The number of carbonyl (C=O) groups is 12. The summed E-state index contributed by atoms with van der Waals surface area (Å²) >= 11 is 0. The van der Waals surface area contributed by atoms with Crippen LogP contribution < -0.4 is 48.3 Å². The van der Waals surface area contributed by atoms with Crippen LogP contribution in [-0.4, -0.2) is 225 Å². The number of carbonyl (C=O) groups excluding carboxylic acids is 11. The summed E-state index contributed by atoms with van der Waals surface area (Å²) in [6.07, 6.45) is 2.51. The number of para-hydroxylation sites is 1. The van der Waals surface area contributed by atoms with Crippen molar-refractivity contribution in [1.82, 2.24) is 62.2 Å². The van der Waals surface area contributed by atoms with Crippen LogP contribution >= 0.6 is 43.2 Å². The average molecular weight is 1630 g/mol. The second-order valence-electron chi connectivity index (χ2n) is 28.9. The largest absolute Gasteiger partial charge is 0.481 e. The number of hydrogen-bond acceptors (Lipinski definition) is 23. The van der Waals surface area contributed by atoms with Crippen molar-refractivity contribution in [1.29, 1.82) is 0 Å². The van der Waals surface area contributed by atoms with E-state index in [1.165, 1.54) is 33.7 Å². The quantitative estimate of drug-likeness (QED) is 0.00386. The van der Waals surface area contributed by atoms with Crippen molar-refractivity contribution in [3.05, 3.63) is 117 Å². The molecular weight excluding hydrogens is 1530 g/mol. The van der Waals surface area contributed by atoms with E-state index >= 15 is 0 Å². The highest BCUT2D eigenvalue weighted by atomic mass is 33.1. The molecule has 3 heterocycles. The second-order valence-corrected chi connectivity index (χ2v) is 35.1. The molecule has 0 aliphatic carbocycles. The number of nitrogens with one attached hydrogen (secondary N) is 9. The molecule has 112 heavy (non-hydrogen) atoms. The van der Waals surface area contributed by atoms with Crippen LogP contribution in [0.5, 0.6) is 0 Å². The number of benzene rings is 3. The van der Waals surface area contributed by atoms with Crippen LogP contribution in [0.4, 0.5) is 21.0 Å². The number of ether oxygens (including phenoxy) is 3. The number of rotatable bonds is 46. The summed E-state index contributed by atoms with van der Waals surface area (Å²) in [6, 6.07) is 11.4. The Balaban J connectivity index is 1.09. The number of fused-ring (bicyclic) bond motifs is 1. The molecule has 1 aromatic heterocycles. The maximum absolute atomic E-state index is 14.5. The summed E-state index contributed by atoms with van der Waals surface area (Å²) in [5, 5.41) is 39.3. The summed E-state index contributed by atoms with van der Waals surface area (Å²) in [4.78, 5) is 177. The summed E-state index contributed by atoms with van der Waals surface area (Å²) in [6.45, 7) is 11.7. The number of nitrogens with zero attached hydrogens (tertiary/aromatic N) is 9. The number of unbranched alkanes of at least 4 members (excludes halogenated alkanes) is 2. The minimum absolute atomic E-state index is 0.0133. The Hall–Kier alpha value is -9.62. The van der Waals surface area contributed by atoms with Gasteiger partial charge in [0.2, 0.25) is 41.4 Å². The van der Waals surface area contributed by atoms with Gasteiger partial charge in [0.25, 0.3) is 5.91 Å². The van der Waals surface area contributed by atoms with E-state index in [0.717, 1.165) is 21.4 Å². The number of amides is 10. The van der Waals surface area contributed by atoms with Crippen LogP contribution in [0.2, 0.25) is 0 Å². The molecule has 0 spiro atoms. The molecule has 8 atom stereocenters. The van der Waals surface area contributed by atoms with Crippen molar-refractivity contribution in [2.24, 2.45) is 16.0 Å². The monoisotopic (exact) mass is 1630 g/mol. The summed E-state index contributed by atoms with van der Waals surface area (Å²) < 4.78 is 15.6. The molecule has 0 saturated carbocycles. The normalized spacial score (nSPS) is 15.8. The minimum atomic E-state index is -1.67. The van der Waals surface area contributed by atoms with Crippen LogP contribution in [0.15, 0.2) is 89.2 Å². The molecule has 2 aliphatic rings. The maximum Gasteiger partial charge on any atom is 0.408 e. The van der Waals surface area contributed by atoms with Gasteiger partial charge >= 0.3 is 24.1 Å². The molecule has 4 aromatic rings. The van der Waals surface area contributed by atoms with Gasteiger partial charge in [0.15, 0.2) is 6.61 Å². The number of alkyl carbamates (subject to hydrolysis) is 2. The maximum atomic E-state index is 14.5. The van der Waals surface area contributed by atoms with Crippen molar-refractivity contribution in [3.8, 4) is 0 Å². The number of primary amides is 1. The van der Waals surface area contributed by atoms with E-state index in [1.807, 2.05) is 68.9 Å². The summed E-state index contributed by atoms with van der Waals surface area (Å²) in [7, 11) is 9.69. The first-order valence-corrected chi connectivity index (χ1v) is 41.4. The Bertz CT molecular complexity index is 3970. The van der Waals surface area contributed by atoms with Crippen molar-refractivity contribution >= 4 is 137 Å². The fourth-order valence-corrected chi connectivity index (χ4v) is 17.3. The molecule has 35 nitrogen and oxygen atoms in total. The first kappa shape index (κ1) is 91.3. The van der Waals surface area contributed by atoms with Crippen LogP contribution in [0.25, 0.3) is 31.8 Å². The van der Waals surface area contributed by atoms with E-state index in [1.54, 1.807) is 64.2 Å². The van der Waals surface area contributed by atoms with Gasteiger partial charge in [-0.2, -0.15) is 0 Å². The highest BCUT2D eigenvalue weighted by Gasteiger charge is 2.40. The fourth-order valence-electron chi connectivity index (χ4n) is 12.1. The van der Waals surface area contributed by atoms with E-state index in [2.05, 4.69) is 88.3 Å². The number of esters is 1. The topological polar surface area (TPSA) is 498 Å². The summed E-state index contributed by atoms with van der Waals surface area (Å²) in [5.74, 6) is -7.77. The predicted molar refractivity (Wildman–Crippen MR) is 428 cm³/mol. The molecule has 6 rings (SSSR count). The lowest BCUT2D eigenvalue weighted by Gasteiger charge is -2.32. The van der Waals surface area contributed by atoms with Crippen LogP contribution in [-0.2, 0) is 81.8 Å². The van der Waals surface area contributed by atoms with Gasteiger partial charge in [0.05, 0.1) is 13.0 Å². The molecule has 0 radical (unpaired) electrons. The zero-order valence-electron chi connectivity index (χ0n) is 64.2. The van der Waals surface area contributed by atoms with E-state index in [0.29, 0.717) is 73.4 Å². The molecule has 0 unspecified atom stereocenters. The van der Waals surface area contributed by atoms with Crippen LogP contribution in [0.3, 0.4) is 0 Å². The van der Waals surface area contributed by atoms with E-state index < -0.39 is 138 Å². The zero-order valence-corrected chi connectivity index (χ0v) is 67.5. The van der Waals surface area contributed by atoms with Gasteiger partial charge in [-0.25, -0.2) is 9.59 Å². The first-order chi connectivity index (χ1) is 53.3. The minimum Gasteiger partial charge on any atom is -0.481 e. The Morgan fingerprint density at radius 3 is 1.85 bits per heavy atom. The van der Waals surface area contributed by atoms with Crippen LogP contribution in [0.1, 0.15) is 129 Å². The number of carboxylic acid groups (broad SMARTS) is 1. The van der Waals surface area contributed by atoms with E-state index in [9.17, 15) is 62.6 Å². The Kier molecular flexibility index (Phi) is 37.8. The molecule has 2 saturated heterocycles. The third-order valence-corrected chi connectivity index (χ3v) is 24.3. The Morgan fingerprint density at radius 1 is 0.652 bits per heavy atom. The Morgan fingerprint density at radius 2 is 1.23 bits per heavy atom.